The first kappa shape index (κ1) is 14.7. The molecule has 4 N–H and O–H groups in total. The number of piperidine rings is 1. The Balaban J connectivity index is 2.16. The van der Waals surface area contributed by atoms with E-state index in [-0.39, 0.29) is 12.0 Å². The van der Waals surface area contributed by atoms with Crippen LogP contribution in [0.2, 0.25) is 0 Å². The SMILES string of the molecule is COc1ccc([C@@H](CN=C(N)N)N2CCCCC2)cc1. The summed E-state index contributed by atoms with van der Waals surface area (Å²) in [6.45, 7) is 2.82. The van der Waals surface area contributed by atoms with E-state index in [0.29, 0.717) is 6.54 Å². The number of ether oxygens (including phenoxy) is 1. The van der Waals surface area contributed by atoms with Crippen LogP contribution in [0.3, 0.4) is 0 Å². The van der Waals surface area contributed by atoms with Gasteiger partial charge in [0.1, 0.15) is 5.75 Å². The van der Waals surface area contributed by atoms with Gasteiger partial charge in [0.15, 0.2) is 5.96 Å². The molecule has 1 fully saturated rings. The molecule has 0 aromatic heterocycles. The van der Waals surface area contributed by atoms with Crippen molar-refractivity contribution >= 4 is 5.96 Å². The highest BCUT2D eigenvalue weighted by Crippen LogP contribution is 2.26. The number of rotatable bonds is 5. The number of hydrogen-bond acceptors (Lipinski definition) is 3. The van der Waals surface area contributed by atoms with Gasteiger partial charge in [-0.3, -0.25) is 9.89 Å². The van der Waals surface area contributed by atoms with E-state index in [1.807, 2.05) is 12.1 Å². The molecule has 0 amide bonds. The third kappa shape index (κ3) is 3.87. The van der Waals surface area contributed by atoms with Crippen molar-refractivity contribution in [2.24, 2.45) is 16.5 Å². The highest BCUT2D eigenvalue weighted by Gasteiger charge is 2.22. The molecule has 1 aromatic carbocycles. The highest BCUT2D eigenvalue weighted by atomic mass is 16.5. The van der Waals surface area contributed by atoms with Crippen LogP contribution in [0.1, 0.15) is 30.9 Å². The zero-order chi connectivity index (χ0) is 14.4. The third-order valence-corrected chi connectivity index (χ3v) is 3.78. The van der Waals surface area contributed by atoms with Crippen molar-refractivity contribution in [2.45, 2.75) is 25.3 Å². The minimum Gasteiger partial charge on any atom is -0.497 e. The lowest BCUT2D eigenvalue weighted by molar-refractivity contribution is 0.168. The second kappa shape index (κ2) is 7.14. The van der Waals surface area contributed by atoms with Crippen LogP contribution in [-0.2, 0) is 0 Å². The topological polar surface area (TPSA) is 76.9 Å². The van der Waals surface area contributed by atoms with Gasteiger partial charge in [-0.1, -0.05) is 18.6 Å². The van der Waals surface area contributed by atoms with E-state index in [0.717, 1.165) is 18.8 Å². The Morgan fingerprint density at radius 3 is 2.40 bits per heavy atom. The largest absolute Gasteiger partial charge is 0.497 e. The van der Waals surface area contributed by atoms with E-state index < -0.39 is 0 Å². The molecule has 0 aliphatic carbocycles. The summed E-state index contributed by atoms with van der Waals surface area (Å²) in [4.78, 5) is 6.69. The fraction of sp³-hybridized carbons (Fsp3) is 0.533. The summed E-state index contributed by atoms with van der Waals surface area (Å²) in [7, 11) is 1.68. The summed E-state index contributed by atoms with van der Waals surface area (Å²) in [6, 6.07) is 8.41. The average molecular weight is 276 g/mol. The molecule has 1 aliphatic heterocycles. The van der Waals surface area contributed by atoms with Crippen LogP contribution in [0.15, 0.2) is 29.3 Å². The molecule has 20 heavy (non-hydrogen) atoms. The molecule has 110 valence electrons. The normalized spacial score (nSPS) is 17.4. The Kier molecular flexibility index (Phi) is 5.24. The molecule has 0 bridgehead atoms. The first-order valence-corrected chi connectivity index (χ1v) is 7.14. The number of nitrogens with two attached hydrogens (primary N) is 2. The van der Waals surface area contributed by atoms with Crippen LogP contribution in [0, 0.1) is 0 Å². The number of likely N-dealkylation sites (tertiary alicyclic amines) is 1. The van der Waals surface area contributed by atoms with Gasteiger partial charge in [0, 0.05) is 0 Å². The summed E-state index contributed by atoms with van der Waals surface area (Å²) >= 11 is 0. The van der Waals surface area contributed by atoms with E-state index in [9.17, 15) is 0 Å². The van der Waals surface area contributed by atoms with Crippen molar-refractivity contribution in [1.82, 2.24) is 4.90 Å². The van der Waals surface area contributed by atoms with Crippen LogP contribution in [0.5, 0.6) is 5.75 Å². The molecular weight excluding hydrogens is 252 g/mol. The Labute approximate surface area is 120 Å². The lowest BCUT2D eigenvalue weighted by Crippen LogP contribution is -2.36. The van der Waals surface area contributed by atoms with Crippen molar-refractivity contribution in [2.75, 3.05) is 26.7 Å². The van der Waals surface area contributed by atoms with Crippen molar-refractivity contribution in [3.63, 3.8) is 0 Å². The number of nitrogens with zero attached hydrogens (tertiary/aromatic N) is 2. The molecular formula is C15H24N4O. The third-order valence-electron chi connectivity index (χ3n) is 3.78. The quantitative estimate of drug-likeness (QED) is 0.631. The summed E-state index contributed by atoms with van der Waals surface area (Å²) in [6.07, 6.45) is 3.80. The fourth-order valence-electron chi connectivity index (χ4n) is 2.68. The van der Waals surface area contributed by atoms with E-state index in [1.165, 1.54) is 24.8 Å². The molecule has 5 nitrogen and oxygen atoms in total. The van der Waals surface area contributed by atoms with E-state index in [4.69, 9.17) is 16.2 Å². The lowest BCUT2D eigenvalue weighted by atomic mass is 10.0. The maximum atomic E-state index is 5.48. The second-order valence-electron chi connectivity index (χ2n) is 5.15. The summed E-state index contributed by atoms with van der Waals surface area (Å²) in [5.74, 6) is 1.02. The minimum absolute atomic E-state index is 0.153. The minimum atomic E-state index is 0.153. The van der Waals surface area contributed by atoms with Crippen LogP contribution in [-0.4, -0.2) is 37.6 Å². The Bertz CT molecular complexity index is 434. The zero-order valence-corrected chi connectivity index (χ0v) is 12.1. The summed E-state index contributed by atoms with van der Waals surface area (Å²) < 4.78 is 5.21. The van der Waals surface area contributed by atoms with Gasteiger partial charge in [-0.15, -0.1) is 0 Å². The van der Waals surface area contributed by atoms with Crippen LogP contribution >= 0.6 is 0 Å². The molecule has 0 radical (unpaired) electrons. The molecule has 0 spiro atoms. The van der Waals surface area contributed by atoms with Crippen molar-refractivity contribution < 1.29 is 4.74 Å². The monoisotopic (exact) mass is 276 g/mol. The summed E-state index contributed by atoms with van der Waals surface area (Å²) in [5, 5.41) is 0. The average Bonchev–Trinajstić information content (AvgIpc) is 2.49. The van der Waals surface area contributed by atoms with Gasteiger partial charge in [0.2, 0.25) is 0 Å². The molecule has 0 unspecified atom stereocenters. The number of benzene rings is 1. The standard InChI is InChI=1S/C15H24N4O/c1-20-13-7-5-12(6-8-13)14(11-18-15(16)17)19-9-3-2-4-10-19/h5-8,14H,2-4,9-11H2,1H3,(H4,16,17,18)/t14-/m1/s1. The van der Waals surface area contributed by atoms with Crippen LogP contribution in [0.4, 0.5) is 0 Å². The maximum absolute atomic E-state index is 5.48. The Hall–Kier alpha value is -1.75. The smallest absolute Gasteiger partial charge is 0.185 e. The van der Waals surface area contributed by atoms with Gasteiger partial charge in [-0.25, -0.2) is 0 Å². The zero-order valence-electron chi connectivity index (χ0n) is 12.1. The second-order valence-corrected chi connectivity index (χ2v) is 5.15. The Morgan fingerprint density at radius 1 is 1.20 bits per heavy atom. The number of hydrogen-bond donors (Lipinski definition) is 2. The van der Waals surface area contributed by atoms with E-state index in [2.05, 4.69) is 22.0 Å². The number of methoxy groups -OCH3 is 1. The van der Waals surface area contributed by atoms with Gasteiger partial charge in [-0.05, 0) is 43.6 Å². The van der Waals surface area contributed by atoms with Crippen molar-refractivity contribution in [3.8, 4) is 5.75 Å². The van der Waals surface area contributed by atoms with Gasteiger partial charge in [0.25, 0.3) is 0 Å². The first-order valence-electron chi connectivity index (χ1n) is 7.14. The van der Waals surface area contributed by atoms with E-state index in [1.54, 1.807) is 7.11 Å². The number of guanidine groups is 1. The molecule has 1 aromatic rings. The molecule has 1 heterocycles. The van der Waals surface area contributed by atoms with E-state index >= 15 is 0 Å². The van der Waals surface area contributed by atoms with Crippen LogP contribution in [0.25, 0.3) is 0 Å². The molecule has 5 heteroatoms. The van der Waals surface area contributed by atoms with Gasteiger partial charge in [-0.2, -0.15) is 0 Å². The predicted octanol–water partition coefficient (Wildman–Crippen LogP) is 1.50. The lowest BCUT2D eigenvalue weighted by Gasteiger charge is -2.34. The first-order chi connectivity index (χ1) is 9.70. The maximum Gasteiger partial charge on any atom is 0.185 e. The predicted molar refractivity (Wildman–Crippen MR) is 81.8 cm³/mol. The molecule has 0 saturated carbocycles. The van der Waals surface area contributed by atoms with Gasteiger partial charge < -0.3 is 16.2 Å². The van der Waals surface area contributed by atoms with Crippen molar-refractivity contribution in [1.29, 1.82) is 0 Å². The molecule has 2 rings (SSSR count). The summed E-state index contributed by atoms with van der Waals surface area (Å²) in [5.41, 5.74) is 12.2. The van der Waals surface area contributed by atoms with Gasteiger partial charge >= 0.3 is 0 Å². The van der Waals surface area contributed by atoms with Gasteiger partial charge in [0.05, 0.1) is 19.7 Å². The van der Waals surface area contributed by atoms with Crippen molar-refractivity contribution in [3.05, 3.63) is 29.8 Å². The fourth-order valence-corrected chi connectivity index (χ4v) is 2.68. The van der Waals surface area contributed by atoms with Crippen LogP contribution < -0.4 is 16.2 Å². The highest BCUT2D eigenvalue weighted by molar-refractivity contribution is 5.75. The molecule has 1 atom stereocenters. The Morgan fingerprint density at radius 2 is 1.85 bits per heavy atom. The molecule has 1 saturated heterocycles. The number of aliphatic imine (C=N–C) groups is 1. The molecule has 1 aliphatic rings.